The predicted octanol–water partition coefficient (Wildman–Crippen LogP) is 2.76. The molecule has 0 spiro atoms. The van der Waals surface area contributed by atoms with Crippen LogP contribution in [-0.2, 0) is 4.79 Å². The molecular formula is C16H30N2O. The summed E-state index contributed by atoms with van der Waals surface area (Å²) < 4.78 is 0. The zero-order chi connectivity index (χ0) is 13.8. The lowest BCUT2D eigenvalue weighted by atomic mass is 9.92. The topological polar surface area (TPSA) is 23.6 Å². The number of carbonyl (C=O) groups is 1. The second kappa shape index (κ2) is 6.74. The number of amides is 1. The van der Waals surface area contributed by atoms with Gasteiger partial charge < -0.3 is 4.90 Å². The van der Waals surface area contributed by atoms with Crippen LogP contribution in [0.25, 0.3) is 0 Å². The average Bonchev–Trinajstić information content (AvgIpc) is 2.38. The normalized spacial score (nSPS) is 33.4. The number of likely N-dealkylation sites (tertiary alicyclic amines) is 2. The van der Waals surface area contributed by atoms with Gasteiger partial charge in [-0.2, -0.15) is 0 Å². The van der Waals surface area contributed by atoms with Gasteiger partial charge >= 0.3 is 0 Å². The zero-order valence-electron chi connectivity index (χ0n) is 12.9. The first-order chi connectivity index (χ1) is 9.10. The van der Waals surface area contributed by atoms with Crippen molar-refractivity contribution in [1.82, 2.24) is 9.80 Å². The number of nitrogens with zero attached hydrogens (tertiary/aromatic N) is 2. The van der Waals surface area contributed by atoms with E-state index in [4.69, 9.17) is 0 Å². The second-order valence-electron chi connectivity index (χ2n) is 6.77. The van der Waals surface area contributed by atoms with Gasteiger partial charge in [0.05, 0.1) is 6.54 Å². The minimum Gasteiger partial charge on any atom is -0.341 e. The summed E-state index contributed by atoms with van der Waals surface area (Å²) in [5.74, 6) is 1.69. The van der Waals surface area contributed by atoms with Gasteiger partial charge in [0.15, 0.2) is 0 Å². The summed E-state index contributed by atoms with van der Waals surface area (Å²) in [6, 6.07) is 0.636. The highest BCUT2D eigenvalue weighted by Crippen LogP contribution is 2.23. The highest BCUT2D eigenvalue weighted by molar-refractivity contribution is 5.78. The van der Waals surface area contributed by atoms with Crippen LogP contribution in [0, 0.1) is 11.8 Å². The molecule has 0 aliphatic carbocycles. The van der Waals surface area contributed by atoms with E-state index in [1.54, 1.807) is 0 Å². The maximum absolute atomic E-state index is 12.5. The third kappa shape index (κ3) is 3.95. The van der Waals surface area contributed by atoms with E-state index in [0.717, 1.165) is 19.6 Å². The lowest BCUT2D eigenvalue weighted by molar-refractivity contribution is -0.136. The molecule has 0 aromatic carbocycles. The fraction of sp³-hybridized carbons (Fsp3) is 0.938. The fourth-order valence-corrected chi connectivity index (χ4v) is 3.87. The summed E-state index contributed by atoms with van der Waals surface area (Å²) in [6.45, 7) is 10.5. The van der Waals surface area contributed by atoms with Crippen molar-refractivity contribution >= 4 is 5.91 Å². The maximum atomic E-state index is 12.5. The smallest absolute Gasteiger partial charge is 0.236 e. The molecule has 0 radical (unpaired) electrons. The van der Waals surface area contributed by atoms with Gasteiger partial charge in [-0.3, -0.25) is 9.69 Å². The zero-order valence-corrected chi connectivity index (χ0v) is 12.9. The molecule has 0 unspecified atom stereocenters. The van der Waals surface area contributed by atoms with Gasteiger partial charge in [-0.1, -0.05) is 27.2 Å². The van der Waals surface area contributed by atoms with Crippen molar-refractivity contribution < 1.29 is 4.79 Å². The van der Waals surface area contributed by atoms with Crippen molar-refractivity contribution in [2.24, 2.45) is 11.8 Å². The fourth-order valence-electron chi connectivity index (χ4n) is 3.87. The minimum absolute atomic E-state index is 0.360. The second-order valence-corrected chi connectivity index (χ2v) is 6.77. The number of hydrogen-bond donors (Lipinski definition) is 0. The number of hydrogen-bond acceptors (Lipinski definition) is 2. The first-order valence-electron chi connectivity index (χ1n) is 8.12. The van der Waals surface area contributed by atoms with Crippen LogP contribution in [-0.4, -0.2) is 47.9 Å². The Morgan fingerprint density at radius 2 is 1.84 bits per heavy atom. The number of carbonyl (C=O) groups excluding carboxylic acids is 1. The van der Waals surface area contributed by atoms with Crippen molar-refractivity contribution in [2.75, 3.05) is 26.2 Å². The van der Waals surface area contributed by atoms with Crippen molar-refractivity contribution in [3.05, 3.63) is 0 Å². The van der Waals surface area contributed by atoms with Crippen LogP contribution >= 0.6 is 0 Å². The van der Waals surface area contributed by atoms with Crippen LogP contribution < -0.4 is 0 Å². The Hall–Kier alpha value is -0.570. The van der Waals surface area contributed by atoms with Crippen LogP contribution in [0.15, 0.2) is 0 Å². The van der Waals surface area contributed by atoms with Gasteiger partial charge in [0, 0.05) is 19.1 Å². The quantitative estimate of drug-likeness (QED) is 0.784. The van der Waals surface area contributed by atoms with E-state index in [-0.39, 0.29) is 0 Å². The van der Waals surface area contributed by atoms with Crippen LogP contribution in [0.2, 0.25) is 0 Å². The first kappa shape index (κ1) is 14.8. The molecule has 2 rings (SSSR count). The van der Waals surface area contributed by atoms with Crippen LogP contribution in [0.4, 0.5) is 0 Å². The number of rotatable bonds is 3. The molecule has 2 fully saturated rings. The molecule has 0 aromatic rings. The molecule has 1 amide bonds. The Morgan fingerprint density at radius 1 is 1.16 bits per heavy atom. The summed E-state index contributed by atoms with van der Waals surface area (Å²) in [5, 5.41) is 0. The third-order valence-electron chi connectivity index (χ3n) is 4.78. The molecular weight excluding hydrogens is 236 g/mol. The molecule has 2 aliphatic heterocycles. The van der Waals surface area contributed by atoms with Crippen LogP contribution in [0.5, 0.6) is 0 Å². The Balaban J connectivity index is 1.88. The average molecular weight is 266 g/mol. The van der Waals surface area contributed by atoms with Crippen molar-refractivity contribution in [1.29, 1.82) is 0 Å². The van der Waals surface area contributed by atoms with E-state index in [2.05, 4.69) is 30.6 Å². The molecule has 3 nitrogen and oxygen atoms in total. The molecule has 0 aromatic heterocycles. The van der Waals surface area contributed by atoms with Gasteiger partial charge in [0.2, 0.25) is 5.91 Å². The molecule has 2 aliphatic rings. The van der Waals surface area contributed by atoms with Gasteiger partial charge in [-0.25, -0.2) is 0 Å². The van der Waals surface area contributed by atoms with E-state index in [0.29, 0.717) is 30.3 Å². The maximum Gasteiger partial charge on any atom is 0.236 e. The van der Waals surface area contributed by atoms with Crippen molar-refractivity contribution in [3.8, 4) is 0 Å². The lowest BCUT2D eigenvalue weighted by Crippen LogP contribution is -2.50. The van der Waals surface area contributed by atoms with E-state index in [9.17, 15) is 4.79 Å². The molecule has 3 heteroatoms. The van der Waals surface area contributed by atoms with E-state index < -0.39 is 0 Å². The van der Waals surface area contributed by atoms with Crippen LogP contribution in [0.3, 0.4) is 0 Å². The van der Waals surface area contributed by atoms with E-state index in [1.807, 2.05) is 0 Å². The highest BCUT2D eigenvalue weighted by Gasteiger charge is 2.28. The Kier molecular flexibility index (Phi) is 5.26. The Labute approximate surface area is 118 Å². The lowest BCUT2D eigenvalue weighted by Gasteiger charge is -2.39. The Bertz CT molecular complexity index is 295. The summed E-state index contributed by atoms with van der Waals surface area (Å²) in [6.07, 6.45) is 6.32. The molecule has 2 saturated heterocycles. The van der Waals surface area contributed by atoms with Crippen LogP contribution in [0.1, 0.15) is 52.9 Å². The molecule has 0 bridgehead atoms. The largest absolute Gasteiger partial charge is 0.341 e. The van der Waals surface area contributed by atoms with E-state index in [1.165, 1.54) is 32.1 Å². The molecule has 2 heterocycles. The highest BCUT2D eigenvalue weighted by atomic mass is 16.2. The SMILES string of the molecule is CC[C@H]1CCCCN1CC(=O)N1C[C@H](C)C[C@H](C)C1. The third-order valence-corrected chi connectivity index (χ3v) is 4.78. The van der Waals surface area contributed by atoms with E-state index >= 15 is 0 Å². The summed E-state index contributed by atoms with van der Waals surface area (Å²) in [7, 11) is 0. The Morgan fingerprint density at radius 3 is 2.47 bits per heavy atom. The minimum atomic E-state index is 0.360. The van der Waals surface area contributed by atoms with Gasteiger partial charge in [-0.15, -0.1) is 0 Å². The molecule has 110 valence electrons. The monoisotopic (exact) mass is 266 g/mol. The van der Waals surface area contributed by atoms with Gasteiger partial charge in [0.25, 0.3) is 0 Å². The van der Waals surface area contributed by atoms with Gasteiger partial charge in [-0.05, 0) is 44.1 Å². The molecule has 3 atom stereocenters. The molecule has 0 N–H and O–H groups in total. The molecule has 0 saturated carbocycles. The van der Waals surface area contributed by atoms with Gasteiger partial charge in [0.1, 0.15) is 0 Å². The summed E-state index contributed by atoms with van der Waals surface area (Å²) in [4.78, 5) is 17.0. The van der Waals surface area contributed by atoms with Crippen molar-refractivity contribution in [2.45, 2.75) is 58.9 Å². The number of piperidine rings is 2. The van der Waals surface area contributed by atoms with Crippen molar-refractivity contribution in [3.63, 3.8) is 0 Å². The first-order valence-corrected chi connectivity index (χ1v) is 8.12. The molecule has 19 heavy (non-hydrogen) atoms. The summed E-state index contributed by atoms with van der Waals surface area (Å²) in [5.41, 5.74) is 0. The predicted molar refractivity (Wildman–Crippen MR) is 79.0 cm³/mol. The summed E-state index contributed by atoms with van der Waals surface area (Å²) >= 11 is 0. The standard InChI is InChI=1S/C16H30N2O/c1-4-15-7-5-6-8-17(15)12-16(19)18-10-13(2)9-14(3)11-18/h13-15H,4-12H2,1-3H3/t13-,14+,15-/m0/s1.